The van der Waals surface area contributed by atoms with Gasteiger partial charge in [0.2, 0.25) is 0 Å². The predicted molar refractivity (Wildman–Crippen MR) is 307 cm³/mol. The van der Waals surface area contributed by atoms with Crippen molar-refractivity contribution in [3.63, 3.8) is 0 Å². The molecule has 0 spiro atoms. The third-order valence-corrected chi connectivity index (χ3v) is 25.2. The molecule has 0 aliphatic carbocycles. The van der Waals surface area contributed by atoms with Gasteiger partial charge in [0.25, 0.3) is 0 Å². The SMILES string of the molecule is CC#CCOc1c2ccccc2c(OCCCC)c2c3[n]4c(c12)N=C1N=C(N=c2c5c(O)c6ccccc6c(O)c5c([n]2[In]4[O]S(=O)(=O)O)=NC2=NC(=N3)c3cc4cc(S(=O)(=O)O)ccc4cc32)c2cc3cc(SOOO)ccc3cc21. The molecular weight excluding hydrogens is 1220 g/mol. The number of rotatable bonds is 12. The van der Waals surface area contributed by atoms with Crippen LogP contribution in [0.15, 0.2) is 149 Å². The molecule has 406 valence electrons. The first-order valence-electron chi connectivity index (χ1n) is 25.1. The van der Waals surface area contributed by atoms with E-state index in [1.165, 1.54) is 23.3 Å². The van der Waals surface area contributed by atoms with Crippen LogP contribution in [0.2, 0.25) is 0 Å². The van der Waals surface area contributed by atoms with Gasteiger partial charge < -0.3 is 0 Å². The molecule has 0 amide bonds. The summed E-state index contributed by atoms with van der Waals surface area (Å²) >= 11 is -5.06. The van der Waals surface area contributed by atoms with Gasteiger partial charge in [-0.3, -0.25) is 0 Å². The Morgan fingerprint density at radius 1 is 0.598 bits per heavy atom. The molecule has 0 saturated carbocycles. The van der Waals surface area contributed by atoms with Crippen molar-refractivity contribution in [1.82, 2.24) is 5.11 Å². The number of amidine groups is 4. The zero-order valence-corrected chi connectivity index (χ0v) is 48.3. The first kappa shape index (κ1) is 51.9. The van der Waals surface area contributed by atoms with E-state index in [1.807, 2.05) is 49.4 Å². The number of benzene rings is 8. The molecule has 0 radical (unpaired) electrons. The van der Waals surface area contributed by atoms with Gasteiger partial charge in [0.1, 0.15) is 0 Å². The van der Waals surface area contributed by atoms with Crippen molar-refractivity contribution in [1.29, 1.82) is 0 Å². The number of ether oxygens (including phenoxy) is 2. The number of aromatic hydroxyl groups is 2. The molecule has 5 N–H and O–H groups in total. The summed E-state index contributed by atoms with van der Waals surface area (Å²) in [6.45, 7) is 3.72. The van der Waals surface area contributed by atoms with Gasteiger partial charge in [0.15, 0.2) is 0 Å². The summed E-state index contributed by atoms with van der Waals surface area (Å²) in [6, 6.07) is 30.2. The number of nitrogens with zero attached hydrogens (tertiary/aromatic N) is 8. The molecular formula is C56H37InN8O14S3. The van der Waals surface area contributed by atoms with E-state index in [4.69, 9.17) is 51.3 Å². The first-order chi connectivity index (χ1) is 39.6. The van der Waals surface area contributed by atoms with Crippen molar-refractivity contribution in [3.8, 4) is 34.8 Å². The monoisotopic (exact) mass is 1260 g/mol. The molecule has 14 rings (SSSR count). The molecule has 0 fully saturated rings. The molecule has 82 heavy (non-hydrogen) atoms. The van der Waals surface area contributed by atoms with Crippen LogP contribution in [0.5, 0.6) is 23.0 Å². The molecule has 22 nitrogen and oxygen atoms in total. The fourth-order valence-corrected chi connectivity index (χ4v) is 20.9. The number of aromatic nitrogens is 2. The summed E-state index contributed by atoms with van der Waals surface area (Å²) in [7, 11) is -10.2. The van der Waals surface area contributed by atoms with Crippen LogP contribution in [-0.4, -0.2) is 106 Å². The van der Waals surface area contributed by atoms with E-state index >= 15 is 0 Å². The summed E-state index contributed by atoms with van der Waals surface area (Å²) in [5, 5.41) is 42.3. The molecule has 6 heterocycles. The Labute approximate surface area is 476 Å². The molecule has 26 heteroatoms. The van der Waals surface area contributed by atoms with Crippen LogP contribution in [0.4, 0.5) is 11.6 Å². The van der Waals surface area contributed by atoms with E-state index in [1.54, 1.807) is 55.5 Å². The van der Waals surface area contributed by atoms with Crippen molar-refractivity contribution >= 4 is 155 Å². The van der Waals surface area contributed by atoms with E-state index in [0.717, 1.165) is 18.5 Å². The molecule has 4 aliphatic rings. The van der Waals surface area contributed by atoms with Crippen molar-refractivity contribution in [2.24, 2.45) is 30.0 Å². The zero-order chi connectivity index (χ0) is 56.5. The molecule has 0 saturated heterocycles. The number of phenolic OH excluding ortho intramolecular Hbond substituents is 2. The van der Waals surface area contributed by atoms with E-state index < -0.39 is 54.5 Å². The Morgan fingerprint density at radius 2 is 1.11 bits per heavy atom. The summed E-state index contributed by atoms with van der Waals surface area (Å²) in [6.07, 6.45) is 1.34. The van der Waals surface area contributed by atoms with Gasteiger partial charge in [-0.2, -0.15) is 0 Å². The van der Waals surface area contributed by atoms with Crippen LogP contribution < -0.4 is 20.4 Å². The van der Waals surface area contributed by atoms with Gasteiger partial charge in [0, 0.05) is 0 Å². The zero-order valence-electron chi connectivity index (χ0n) is 42.5. The summed E-state index contributed by atoms with van der Waals surface area (Å²) in [4.78, 5) is 31.7. The summed E-state index contributed by atoms with van der Waals surface area (Å²) in [5.41, 5.74) is 1.10. The van der Waals surface area contributed by atoms with Crippen LogP contribution >= 0.6 is 12.0 Å². The first-order valence-corrected chi connectivity index (χ1v) is 33.0. The third-order valence-electron chi connectivity index (χ3n) is 14.5. The van der Waals surface area contributed by atoms with E-state index in [-0.39, 0.29) is 108 Å². The maximum absolute atomic E-state index is 14.0. The van der Waals surface area contributed by atoms with Crippen LogP contribution in [0.1, 0.15) is 48.9 Å². The van der Waals surface area contributed by atoms with Crippen LogP contribution in [0.3, 0.4) is 0 Å². The second-order valence-corrected chi connectivity index (χ2v) is 28.9. The number of phenols is 2. The Balaban J connectivity index is 1.26. The Hall–Kier alpha value is -8.20. The van der Waals surface area contributed by atoms with Crippen LogP contribution in [-0.2, 0) is 32.2 Å². The van der Waals surface area contributed by atoms with Crippen molar-refractivity contribution in [3.05, 3.63) is 142 Å². The molecule has 6 bridgehead atoms. The number of aliphatic imine (C=N–C) groups is 4. The average Bonchev–Trinajstić information content (AvgIpc) is 1.97. The standard InChI is InChI=1S/C56H36N8O10S2.In.H2O4S/c1-3-5-19-71-47-35-13-9-10-14-36(35)48(72-20-6-4-2)44-43(47)55-61-50-37-23-27-15-17-31(75-74-73-67)21-29(27)25-39(37)51(58-50)60-54-42-41(45(65)33-11-7-8-12-34(33)46(42)66)53(63-54)59-49-38-24-28-16-18-32(76(68,69)70)22-30(28)26-40(38)52(57-49)62-56(44)64-55;;1-5(2,3)4/h7-18,21-26H,4,6,19-20H2,1-2H3,(H4-2,57,58,59,60,61,62,63,64,65,66,67,68,69,70);;(H2,1,2,3,4)/q-2;+3;/p-1. The third kappa shape index (κ3) is 8.26. The molecule has 10 aromatic rings. The molecule has 0 unspecified atom stereocenters. The minimum atomic E-state index is -5.81. The normalized spacial score (nSPS) is 14.2. The van der Waals surface area contributed by atoms with Crippen LogP contribution in [0.25, 0.3) is 64.6 Å². The van der Waals surface area contributed by atoms with Gasteiger partial charge in [-0.1, -0.05) is 0 Å². The second-order valence-electron chi connectivity index (χ2n) is 19.2. The minimum absolute atomic E-state index is 0.0137. The second kappa shape index (κ2) is 19.5. The quantitative estimate of drug-likeness (QED) is 0.0145. The summed E-state index contributed by atoms with van der Waals surface area (Å²) in [5.74, 6) is 5.49. The van der Waals surface area contributed by atoms with Gasteiger partial charge >= 0.3 is 474 Å². The van der Waals surface area contributed by atoms with E-state index in [0.29, 0.717) is 65.9 Å². The molecule has 2 aromatic heterocycles. The van der Waals surface area contributed by atoms with Gasteiger partial charge in [0.05, 0.1) is 0 Å². The molecule has 8 aromatic carbocycles. The van der Waals surface area contributed by atoms with Crippen molar-refractivity contribution < 1.29 is 62.6 Å². The van der Waals surface area contributed by atoms with Crippen molar-refractivity contribution in [2.45, 2.75) is 36.5 Å². The topological polar surface area (TPSA) is 300 Å². The Morgan fingerprint density at radius 3 is 1.63 bits per heavy atom. The summed E-state index contributed by atoms with van der Waals surface area (Å²) < 4.78 is 102. The maximum atomic E-state index is 14.0. The van der Waals surface area contributed by atoms with Gasteiger partial charge in [-0.25, -0.2) is 5.26 Å². The Bertz CT molecular complexity index is 5170. The number of fused-ring (bicyclic) bond motifs is 18. The Kier molecular flexibility index (Phi) is 12.3. The predicted octanol–water partition coefficient (Wildman–Crippen LogP) is 9.02. The number of hydrogen-bond donors (Lipinski definition) is 5. The van der Waals surface area contributed by atoms with Gasteiger partial charge in [-0.05, 0) is 0 Å². The molecule has 4 aliphatic heterocycles. The van der Waals surface area contributed by atoms with Crippen LogP contribution in [0, 0.1) is 11.8 Å². The number of hydrogen-bond acceptors (Lipinski definition) is 19. The van der Waals surface area contributed by atoms with E-state index in [2.05, 4.69) is 16.9 Å². The number of unbranched alkanes of at least 4 members (excludes halogenated alkanes) is 1. The fourth-order valence-electron chi connectivity index (χ4n) is 11.0. The average molecular weight is 1260 g/mol. The van der Waals surface area contributed by atoms with E-state index in [9.17, 15) is 36.2 Å². The van der Waals surface area contributed by atoms with Gasteiger partial charge in [-0.15, -0.1) is 0 Å². The fraction of sp³-hybridized carbons (Fsp3) is 0.107. The van der Waals surface area contributed by atoms with Crippen molar-refractivity contribution in [2.75, 3.05) is 13.2 Å². The molecule has 0 atom stereocenters.